The van der Waals surface area contributed by atoms with E-state index in [9.17, 15) is 10.1 Å². The molecule has 0 spiro atoms. The Morgan fingerprint density at radius 1 is 1.29 bits per heavy atom. The third-order valence-electron chi connectivity index (χ3n) is 4.51. The molecule has 1 aromatic heterocycles. The van der Waals surface area contributed by atoms with Gasteiger partial charge in [-0.25, -0.2) is 0 Å². The van der Waals surface area contributed by atoms with E-state index >= 15 is 0 Å². The molecule has 1 aliphatic rings. The van der Waals surface area contributed by atoms with Crippen LogP contribution in [0.4, 0.5) is 0 Å². The summed E-state index contributed by atoms with van der Waals surface area (Å²) < 4.78 is 11.4. The van der Waals surface area contributed by atoms with Crippen LogP contribution in [0.2, 0.25) is 0 Å². The van der Waals surface area contributed by atoms with Crippen LogP contribution in [0.3, 0.4) is 0 Å². The molecule has 0 aliphatic carbocycles. The molecule has 0 bridgehead atoms. The van der Waals surface area contributed by atoms with Crippen molar-refractivity contribution in [2.75, 3.05) is 13.3 Å². The number of rotatable bonds is 5. The van der Waals surface area contributed by atoms with Crippen molar-refractivity contribution in [3.05, 3.63) is 63.8 Å². The van der Waals surface area contributed by atoms with Gasteiger partial charge in [0.15, 0.2) is 11.5 Å². The lowest BCUT2D eigenvalue weighted by Crippen LogP contribution is -2.26. The second-order valence-corrected chi connectivity index (χ2v) is 7.12. The van der Waals surface area contributed by atoms with E-state index in [-0.39, 0.29) is 12.4 Å². The number of nitriles is 1. The highest BCUT2D eigenvalue weighted by Crippen LogP contribution is 2.37. The van der Waals surface area contributed by atoms with E-state index in [1.807, 2.05) is 36.5 Å². The summed E-state index contributed by atoms with van der Waals surface area (Å²) in [5.41, 5.74) is 2.89. The lowest BCUT2D eigenvalue weighted by molar-refractivity contribution is -0.117. The van der Waals surface area contributed by atoms with E-state index in [0.29, 0.717) is 30.0 Å². The van der Waals surface area contributed by atoms with Crippen LogP contribution in [0.25, 0.3) is 17.0 Å². The summed E-state index contributed by atoms with van der Waals surface area (Å²) in [6.07, 6.45) is 4.15. The number of hydrogen-bond donors (Lipinski definition) is 2. The average molecular weight is 438 g/mol. The van der Waals surface area contributed by atoms with Crippen LogP contribution < -0.4 is 14.8 Å². The van der Waals surface area contributed by atoms with Crippen molar-refractivity contribution in [2.24, 2.45) is 0 Å². The number of amides is 1. The van der Waals surface area contributed by atoms with Gasteiger partial charge in [0.05, 0.1) is 0 Å². The molecule has 4 rings (SSSR count). The lowest BCUT2D eigenvalue weighted by atomic mass is 10.1. The predicted molar refractivity (Wildman–Crippen MR) is 109 cm³/mol. The molecule has 0 radical (unpaired) electrons. The van der Waals surface area contributed by atoms with Gasteiger partial charge in [-0.15, -0.1) is 0 Å². The second kappa shape index (κ2) is 7.79. The SMILES string of the molecule is N#C/C(=C\c1cc2c(cc1Br)OCO2)C(=O)NCCc1c[nH]c2ccccc12. The van der Waals surface area contributed by atoms with Crippen molar-refractivity contribution in [3.8, 4) is 17.6 Å². The molecule has 0 saturated carbocycles. The number of fused-ring (bicyclic) bond motifs is 2. The Morgan fingerprint density at radius 2 is 2.07 bits per heavy atom. The van der Waals surface area contributed by atoms with Crippen LogP contribution in [-0.2, 0) is 11.2 Å². The number of nitrogens with zero attached hydrogens (tertiary/aromatic N) is 1. The molecule has 0 fully saturated rings. The monoisotopic (exact) mass is 437 g/mol. The van der Waals surface area contributed by atoms with Crippen LogP contribution >= 0.6 is 15.9 Å². The van der Waals surface area contributed by atoms with Crippen molar-refractivity contribution in [2.45, 2.75) is 6.42 Å². The van der Waals surface area contributed by atoms with E-state index < -0.39 is 5.91 Å². The topological polar surface area (TPSA) is 87.1 Å². The summed E-state index contributed by atoms with van der Waals surface area (Å²) in [5.74, 6) is 0.809. The van der Waals surface area contributed by atoms with Gasteiger partial charge in [-0.05, 0) is 41.8 Å². The van der Waals surface area contributed by atoms with Crippen LogP contribution in [0.15, 0.2) is 52.6 Å². The van der Waals surface area contributed by atoms with Crippen LogP contribution in [0.1, 0.15) is 11.1 Å². The third-order valence-corrected chi connectivity index (χ3v) is 5.20. The van der Waals surface area contributed by atoms with Gasteiger partial charge in [-0.2, -0.15) is 5.26 Å². The highest BCUT2D eigenvalue weighted by Gasteiger charge is 2.17. The van der Waals surface area contributed by atoms with Crippen LogP contribution in [-0.4, -0.2) is 24.2 Å². The van der Waals surface area contributed by atoms with E-state index in [4.69, 9.17) is 9.47 Å². The minimum absolute atomic E-state index is 0.0264. The number of benzene rings is 2. The maximum atomic E-state index is 12.4. The molecule has 0 atom stereocenters. The summed E-state index contributed by atoms with van der Waals surface area (Å²) in [5, 5.41) is 13.4. The van der Waals surface area contributed by atoms with Crippen LogP contribution in [0, 0.1) is 11.3 Å². The number of halogens is 1. The van der Waals surface area contributed by atoms with Gasteiger partial charge in [0, 0.05) is 28.1 Å². The molecule has 2 aromatic carbocycles. The Hall–Kier alpha value is -3.24. The molecule has 1 aliphatic heterocycles. The molecule has 140 valence electrons. The number of aromatic amines is 1. The van der Waals surface area contributed by atoms with Gasteiger partial charge in [-0.1, -0.05) is 34.1 Å². The smallest absolute Gasteiger partial charge is 0.261 e. The number of hydrogen-bond acceptors (Lipinski definition) is 4. The molecular formula is C21H16BrN3O3. The highest BCUT2D eigenvalue weighted by molar-refractivity contribution is 9.10. The van der Waals surface area contributed by atoms with Crippen LogP contribution in [0.5, 0.6) is 11.5 Å². The number of ether oxygens (including phenoxy) is 2. The minimum atomic E-state index is -0.410. The molecule has 0 saturated heterocycles. The summed E-state index contributed by atoms with van der Waals surface area (Å²) in [6, 6.07) is 13.5. The Labute approximate surface area is 169 Å². The number of carbonyl (C=O) groups is 1. The third kappa shape index (κ3) is 3.59. The first kappa shape index (κ1) is 18.1. The number of nitrogens with one attached hydrogen (secondary N) is 2. The van der Waals surface area contributed by atoms with Gasteiger partial charge >= 0.3 is 0 Å². The molecule has 1 amide bonds. The van der Waals surface area contributed by atoms with Crippen molar-refractivity contribution in [1.82, 2.24) is 10.3 Å². The number of H-pyrrole nitrogens is 1. The highest BCUT2D eigenvalue weighted by atomic mass is 79.9. The standard InChI is InChI=1S/C21H16BrN3O3/c22-17-9-20-19(27-12-28-20)8-14(17)7-15(10-23)21(26)24-6-5-13-11-25-18-4-2-1-3-16(13)18/h1-4,7-9,11,25H,5-6,12H2,(H,24,26)/b15-7+. The second-order valence-electron chi connectivity index (χ2n) is 6.26. The van der Waals surface area contributed by atoms with Gasteiger partial charge in [0.1, 0.15) is 11.6 Å². The summed E-state index contributed by atoms with van der Waals surface area (Å²) in [6.45, 7) is 0.594. The van der Waals surface area contributed by atoms with Gasteiger partial charge < -0.3 is 19.8 Å². The van der Waals surface area contributed by atoms with Crippen molar-refractivity contribution in [1.29, 1.82) is 5.26 Å². The summed E-state index contributed by atoms with van der Waals surface area (Å²) in [7, 11) is 0. The first-order valence-corrected chi connectivity index (χ1v) is 9.49. The predicted octanol–water partition coefficient (Wildman–Crippen LogP) is 3.92. The average Bonchev–Trinajstić information content (AvgIpc) is 3.32. The molecule has 3 aromatic rings. The number of para-hydroxylation sites is 1. The zero-order valence-corrected chi connectivity index (χ0v) is 16.4. The fourth-order valence-corrected chi connectivity index (χ4v) is 3.53. The number of carbonyl (C=O) groups excluding carboxylic acids is 1. The van der Waals surface area contributed by atoms with E-state index in [1.54, 1.807) is 12.1 Å². The molecule has 6 nitrogen and oxygen atoms in total. The van der Waals surface area contributed by atoms with E-state index in [2.05, 4.69) is 26.2 Å². The number of aromatic nitrogens is 1. The van der Waals surface area contributed by atoms with Gasteiger partial charge in [0.25, 0.3) is 5.91 Å². The Balaban J connectivity index is 1.44. The Morgan fingerprint density at radius 3 is 2.89 bits per heavy atom. The Kier molecular flexibility index (Phi) is 5.04. The molecule has 2 heterocycles. The van der Waals surface area contributed by atoms with E-state index in [0.717, 1.165) is 20.9 Å². The van der Waals surface area contributed by atoms with E-state index in [1.165, 1.54) is 6.08 Å². The lowest BCUT2D eigenvalue weighted by Gasteiger charge is -2.06. The maximum Gasteiger partial charge on any atom is 0.261 e. The summed E-state index contributed by atoms with van der Waals surface area (Å²) >= 11 is 3.43. The quantitative estimate of drug-likeness (QED) is 0.467. The van der Waals surface area contributed by atoms with Crippen molar-refractivity contribution >= 4 is 38.8 Å². The minimum Gasteiger partial charge on any atom is -0.454 e. The van der Waals surface area contributed by atoms with Crippen molar-refractivity contribution in [3.63, 3.8) is 0 Å². The largest absolute Gasteiger partial charge is 0.454 e. The molecule has 28 heavy (non-hydrogen) atoms. The molecule has 7 heteroatoms. The zero-order chi connectivity index (χ0) is 19.5. The molecule has 2 N–H and O–H groups in total. The van der Waals surface area contributed by atoms with Gasteiger partial charge in [0.2, 0.25) is 6.79 Å². The zero-order valence-electron chi connectivity index (χ0n) is 14.8. The maximum absolute atomic E-state index is 12.4. The van der Waals surface area contributed by atoms with Gasteiger partial charge in [-0.3, -0.25) is 4.79 Å². The summed E-state index contributed by atoms with van der Waals surface area (Å²) in [4.78, 5) is 15.7. The Bertz CT molecular complexity index is 1130. The van der Waals surface area contributed by atoms with Crippen molar-refractivity contribution < 1.29 is 14.3 Å². The normalized spacial score (nSPS) is 12.8. The molecule has 0 unspecified atom stereocenters. The fourth-order valence-electron chi connectivity index (χ4n) is 3.09. The fraction of sp³-hybridized carbons (Fsp3) is 0.143. The first-order valence-electron chi connectivity index (χ1n) is 8.70. The molecular weight excluding hydrogens is 422 g/mol. The first-order chi connectivity index (χ1) is 13.7.